The van der Waals surface area contributed by atoms with E-state index < -0.39 is 5.91 Å². The van der Waals surface area contributed by atoms with E-state index in [2.05, 4.69) is 29.0 Å². The Morgan fingerprint density at radius 2 is 2.21 bits per heavy atom. The second-order valence-corrected chi connectivity index (χ2v) is 6.07. The number of hydrogen-bond donors (Lipinski definition) is 3. The number of carbonyl (C=O) groups excluding carboxylic acids is 1. The van der Waals surface area contributed by atoms with Crippen LogP contribution in [0.15, 0.2) is 24.4 Å². The van der Waals surface area contributed by atoms with Crippen molar-refractivity contribution in [2.75, 3.05) is 25.0 Å². The van der Waals surface area contributed by atoms with Crippen LogP contribution in [0.1, 0.15) is 25.8 Å². The van der Waals surface area contributed by atoms with Gasteiger partial charge in [-0.1, -0.05) is 13.8 Å². The highest BCUT2D eigenvalue weighted by Crippen LogP contribution is 2.16. The Labute approximate surface area is 155 Å². The van der Waals surface area contributed by atoms with E-state index in [1.54, 1.807) is 17.8 Å². The van der Waals surface area contributed by atoms with E-state index >= 15 is 0 Å². The Bertz CT molecular complexity index is 523. The molecular formula is C16H26Cl2N4O2. The molecule has 6 nitrogen and oxygen atoms in total. The topological polar surface area (TPSA) is 77.5 Å². The monoisotopic (exact) mass is 376 g/mol. The quantitative estimate of drug-likeness (QED) is 0.404. The SMILES string of the molecule is CC(C)CN1CC[C@@H](Nc2ccc(/C=C/C(=O)NO)cn2)C1.Cl.Cl. The zero-order chi connectivity index (χ0) is 15.9. The molecule has 1 aliphatic rings. The first-order valence-electron chi connectivity index (χ1n) is 7.64. The molecule has 136 valence electrons. The highest BCUT2D eigenvalue weighted by atomic mass is 35.5. The molecule has 1 aromatic rings. The normalized spacial score (nSPS) is 17.4. The van der Waals surface area contributed by atoms with Crippen LogP contribution in [0.4, 0.5) is 5.82 Å². The summed E-state index contributed by atoms with van der Waals surface area (Å²) in [5.74, 6) is 0.984. The van der Waals surface area contributed by atoms with Crippen LogP contribution < -0.4 is 10.8 Å². The van der Waals surface area contributed by atoms with E-state index in [1.807, 2.05) is 12.1 Å². The molecular weight excluding hydrogens is 351 g/mol. The molecule has 24 heavy (non-hydrogen) atoms. The summed E-state index contributed by atoms with van der Waals surface area (Å²) in [7, 11) is 0. The third-order valence-corrected chi connectivity index (χ3v) is 3.57. The molecule has 0 aromatic carbocycles. The molecule has 1 amide bonds. The Kier molecular flexibility index (Phi) is 10.6. The maximum Gasteiger partial charge on any atom is 0.267 e. The average Bonchev–Trinajstić information content (AvgIpc) is 2.92. The minimum Gasteiger partial charge on any atom is -0.366 e. The predicted octanol–water partition coefficient (Wildman–Crippen LogP) is 2.59. The van der Waals surface area contributed by atoms with Crippen LogP contribution in [0.3, 0.4) is 0 Å². The van der Waals surface area contributed by atoms with Gasteiger partial charge in [0.1, 0.15) is 5.82 Å². The molecule has 0 radical (unpaired) electrons. The number of hydroxylamine groups is 1. The van der Waals surface area contributed by atoms with Crippen molar-refractivity contribution in [3.8, 4) is 0 Å². The van der Waals surface area contributed by atoms with E-state index in [-0.39, 0.29) is 24.8 Å². The van der Waals surface area contributed by atoms with Crippen molar-refractivity contribution in [3.63, 3.8) is 0 Å². The van der Waals surface area contributed by atoms with Gasteiger partial charge in [0, 0.05) is 37.9 Å². The van der Waals surface area contributed by atoms with Crippen molar-refractivity contribution >= 4 is 42.6 Å². The zero-order valence-electron chi connectivity index (χ0n) is 13.9. The largest absolute Gasteiger partial charge is 0.366 e. The smallest absolute Gasteiger partial charge is 0.267 e. The van der Waals surface area contributed by atoms with E-state index in [1.165, 1.54) is 6.08 Å². The third-order valence-electron chi connectivity index (χ3n) is 3.57. The molecule has 1 atom stereocenters. The van der Waals surface area contributed by atoms with Gasteiger partial charge in [-0.15, -0.1) is 24.8 Å². The minimum atomic E-state index is -0.557. The molecule has 0 saturated carbocycles. The second-order valence-electron chi connectivity index (χ2n) is 6.07. The molecule has 1 fully saturated rings. The van der Waals surface area contributed by atoms with Crippen molar-refractivity contribution in [3.05, 3.63) is 30.0 Å². The Hall–Kier alpha value is -1.34. The fraction of sp³-hybridized carbons (Fsp3) is 0.500. The molecule has 8 heteroatoms. The lowest BCUT2D eigenvalue weighted by Crippen LogP contribution is -2.29. The summed E-state index contributed by atoms with van der Waals surface area (Å²) in [5, 5.41) is 11.9. The Morgan fingerprint density at radius 3 is 2.79 bits per heavy atom. The fourth-order valence-electron chi connectivity index (χ4n) is 2.64. The molecule has 1 aliphatic heterocycles. The van der Waals surface area contributed by atoms with Crippen molar-refractivity contribution < 1.29 is 10.0 Å². The first-order valence-corrected chi connectivity index (χ1v) is 7.64. The number of aromatic nitrogens is 1. The number of nitrogens with one attached hydrogen (secondary N) is 2. The summed E-state index contributed by atoms with van der Waals surface area (Å²) < 4.78 is 0. The number of hydrogen-bond acceptors (Lipinski definition) is 5. The van der Waals surface area contributed by atoms with Gasteiger partial charge in [0.15, 0.2) is 0 Å². The van der Waals surface area contributed by atoms with Gasteiger partial charge in [-0.05, 0) is 36.1 Å². The number of pyridine rings is 1. The van der Waals surface area contributed by atoms with Gasteiger partial charge >= 0.3 is 0 Å². The second kappa shape index (κ2) is 11.3. The van der Waals surface area contributed by atoms with Crippen LogP contribution >= 0.6 is 24.8 Å². The van der Waals surface area contributed by atoms with Gasteiger partial charge in [-0.2, -0.15) is 0 Å². The number of nitrogens with zero attached hydrogens (tertiary/aromatic N) is 2. The van der Waals surface area contributed by atoms with Gasteiger partial charge in [0.2, 0.25) is 0 Å². The highest BCUT2D eigenvalue weighted by molar-refractivity contribution is 5.90. The van der Waals surface area contributed by atoms with Crippen LogP contribution in [-0.4, -0.2) is 46.7 Å². The summed E-state index contributed by atoms with van der Waals surface area (Å²) in [6.45, 7) is 7.81. The van der Waals surface area contributed by atoms with Crippen molar-refractivity contribution in [1.29, 1.82) is 0 Å². The molecule has 1 aromatic heterocycles. The number of likely N-dealkylation sites (tertiary alicyclic amines) is 1. The summed E-state index contributed by atoms with van der Waals surface area (Å²) in [5.41, 5.74) is 2.36. The van der Waals surface area contributed by atoms with Crippen molar-refractivity contribution in [1.82, 2.24) is 15.4 Å². The van der Waals surface area contributed by atoms with E-state index in [4.69, 9.17) is 5.21 Å². The number of anilines is 1. The van der Waals surface area contributed by atoms with Crippen LogP contribution in [0.25, 0.3) is 6.08 Å². The maximum atomic E-state index is 10.9. The highest BCUT2D eigenvalue weighted by Gasteiger charge is 2.22. The van der Waals surface area contributed by atoms with Crippen LogP contribution in [-0.2, 0) is 4.79 Å². The Balaban J connectivity index is 0.00000264. The van der Waals surface area contributed by atoms with Crippen LogP contribution in [0.5, 0.6) is 0 Å². The Morgan fingerprint density at radius 1 is 1.46 bits per heavy atom. The average molecular weight is 377 g/mol. The molecule has 2 heterocycles. The number of halogens is 2. The van der Waals surface area contributed by atoms with Crippen molar-refractivity contribution in [2.45, 2.75) is 26.3 Å². The number of carbonyl (C=O) groups is 1. The van der Waals surface area contributed by atoms with E-state index in [0.29, 0.717) is 12.0 Å². The van der Waals surface area contributed by atoms with Gasteiger partial charge in [0.05, 0.1) is 0 Å². The fourth-order valence-corrected chi connectivity index (χ4v) is 2.64. The summed E-state index contributed by atoms with van der Waals surface area (Å²) in [6.07, 6.45) is 5.68. The standard InChI is InChI=1S/C16H24N4O2.2ClH/c1-12(2)10-20-8-7-14(11-20)18-15-5-3-13(9-17-15)4-6-16(21)19-22;;/h3-6,9,12,14,22H,7-8,10-11H2,1-2H3,(H,17,18)(H,19,21);2*1H/b6-4+;;/t14-;;/m1../s1. The van der Waals surface area contributed by atoms with Crippen molar-refractivity contribution in [2.24, 2.45) is 5.92 Å². The van der Waals surface area contributed by atoms with Gasteiger partial charge in [0.25, 0.3) is 5.91 Å². The van der Waals surface area contributed by atoms with E-state index in [0.717, 1.165) is 37.4 Å². The molecule has 3 N–H and O–H groups in total. The lowest BCUT2D eigenvalue weighted by atomic mass is 10.2. The minimum absolute atomic E-state index is 0. The zero-order valence-corrected chi connectivity index (χ0v) is 15.6. The first-order chi connectivity index (χ1) is 10.6. The van der Waals surface area contributed by atoms with Gasteiger partial charge < -0.3 is 10.2 Å². The molecule has 0 spiro atoms. The molecule has 0 unspecified atom stereocenters. The van der Waals surface area contributed by atoms with Gasteiger partial charge in [-0.25, -0.2) is 10.5 Å². The summed E-state index contributed by atoms with van der Waals surface area (Å²) in [6, 6.07) is 4.23. The number of rotatable bonds is 6. The predicted molar refractivity (Wildman–Crippen MR) is 101 cm³/mol. The number of amides is 1. The molecule has 2 rings (SSSR count). The maximum absolute atomic E-state index is 10.9. The summed E-state index contributed by atoms with van der Waals surface area (Å²) in [4.78, 5) is 17.7. The van der Waals surface area contributed by atoms with Gasteiger partial charge in [-0.3, -0.25) is 10.0 Å². The van der Waals surface area contributed by atoms with Crippen LogP contribution in [0, 0.1) is 5.92 Å². The third kappa shape index (κ3) is 7.49. The summed E-state index contributed by atoms with van der Waals surface area (Å²) >= 11 is 0. The lowest BCUT2D eigenvalue weighted by molar-refractivity contribution is -0.124. The lowest BCUT2D eigenvalue weighted by Gasteiger charge is -2.18. The molecule has 0 bridgehead atoms. The first kappa shape index (κ1) is 22.7. The molecule has 0 aliphatic carbocycles. The van der Waals surface area contributed by atoms with Crippen LogP contribution in [0.2, 0.25) is 0 Å². The molecule has 1 saturated heterocycles. The van der Waals surface area contributed by atoms with E-state index in [9.17, 15) is 4.79 Å².